The van der Waals surface area contributed by atoms with Crippen LogP contribution in [0.3, 0.4) is 0 Å². The van der Waals surface area contributed by atoms with E-state index in [1.165, 1.54) is 289 Å². The van der Waals surface area contributed by atoms with E-state index in [9.17, 15) is 43.2 Å². The molecule has 0 saturated heterocycles. The van der Waals surface area contributed by atoms with E-state index in [2.05, 4.69) is 48.5 Å². The molecular weight excluding hydrogens is 1410 g/mol. The highest BCUT2D eigenvalue weighted by Gasteiger charge is 2.31. The Morgan fingerprint density at radius 3 is 0.697 bits per heavy atom. The van der Waals surface area contributed by atoms with Crippen molar-refractivity contribution in [1.82, 2.24) is 0 Å². The fraction of sp³-hybridized carbons (Fsp3) is 0.956. The van der Waals surface area contributed by atoms with Crippen LogP contribution in [0.25, 0.3) is 0 Å². The lowest BCUT2D eigenvalue weighted by Crippen LogP contribution is -2.30. The summed E-state index contributed by atoms with van der Waals surface area (Å²) >= 11 is 0. The Morgan fingerprint density at radius 1 is 0.266 bits per heavy atom. The summed E-state index contributed by atoms with van der Waals surface area (Å²) in [5.41, 5.74) is 0. The van der Waals surface area contributed by atoms with Crippen molar-refractivity contribution in [3.05, 3.63) is 0 Å². The summed E-state index contributed by atoms with van der Waals surface area (Å²) in [7, 11) is -9.94. The Bertz CT molecular complexity index is 2100. The SMILES string of the molecule is CCCCCCCCCCCCCCCCCCCCCCCC(=O)O[C@H](COC(=O)CCCCCCCCCCCCCCCCCC(C)C)COP(=O)(O)OC[C@@H](O)COP(=O)(O)OC[C@@H](COC(=O)CCCCCCCCCCC(C)CC)OC(=O)CCCCCCCCCCCCCCCCC(C)CC. The maximum Gasteiger partial charge on any atom is 0.472 e. The summed E-state index contributed by atoms with van der Waals surface area (Å²) in [6, 6.07) is 0. The van der Waals surface area contributed by atoms with Gasteiger partial charge in [-0.2, -0.15) is 0 Å². The van der Waals surface area contributed by atoms with Crippen LogP contribution in [0.5, 0.6) is 0 Å². The second kappa shape index (κ2) is 79.9. The van der Waals surface area contributed by atoms with Crippen molar-refractivity contribution in [2.45, 2.75) is 497 Å². The van der Waals surface area contributed by atoms with Crippen LogP contribution in [0.4, 0.5) is 0 Å². The van der Waals surface area contributed by atoms with Crippen LogP contribution >= 0.6 is 15.6 Å². The van der Waals surface area contributed by atoms with E-state index in [-0.39, 0.29) is 25.7 Å². The molecule has 0 heterocycles. The molecule has 4 unspecified atom stereocenters. The number of esters is 4. The first-order valence-electron chi connectivity index (χ1n) is 46.4. The Kier molecular flexibility index (Phi) is 78.5. The normalized spacial score (nSPS) is 14.3. The molecule has 0 aromatic rings. The molecule has 7 atom stereocenters. The van der Waals surface area contributed by atoms with E-state index >= 15 is 0 Å². The van der Waals surface area contributed by atoms with Crippen LogP contribution in [0.2, 0.25) is 0 Å². The third-order valence-corrected chi connectivity index (χ3v) is 23.8. The van der Waals surface area contributed by atoms with Gasteiger partial charge in [0.15, 0.2) is 12.2 Å². The molecule has 0 bridgehead atoms. The minimum absolute atomic E-state index is 0.107. The molecule has 3 N–H and O–H groups in total. The molecule has 17 nitrogen and oxygen atoms in total. The first-order chi connectivity index (χ1) is 52.8. The molecule has 0 radical (unpaired) electrons. The zero-order chi connectivity index (χ0) is 80.0. The lowest BCUT2D eigenvalue weighted by Gasteiger charge is -2.21. The van der Waals surface area contributed by atoms with E-state index in [0.29, 0.717) is 25.7 Å². The average Bonchev–Trinajstić information content (AvgIpc) is 0.901. The molecule has 0 amide bonds. The fourth-order valence-electron chi connectivity index (χ4n) is 14.0. The molecular formula is C90H176O17P2. The largest absolute Gasteiger partial charge is 0.472 e. The van der Waals surface area contributed by atoms with Gasteiger partial charge in [0, 0.05) is 25.7 Å². The van der Waals surface area contributed by atoms with Gasteiger partial charge in [-0.25, -0.2) is 9.13 Å². The molecule has 0 rings (SSSR count). The highest BCUT2D eigenvalue weighted by atomic mass is 31.2. The Labute approximate surface area is 670 Å². The maximum absolute atomic E-state index is 13.2. The molecule has 0 aromatic heterocycles. The van der Waals surface area contributed by atoms with Gasteiger partial charge in [-0.15, -0.1) is 0 Å². The van der Waals surface area contributed by atoms with Crippen molar-refractivity contribution in [2.75, 3.05) is 39.6 Å². The van der Waals surface area contributed by atoms with Crippen molar-refractivity contribution in [3.63, 3.8) is 0 Å². The number of phosphoric acid groups is 2. The highest BCUT2D eigenvalue weighted by Crippen LogP contribution is 2.45. The average molecular weight is 1590 g/mol. The number of ether oxygens (including phenoxy) is 4. The number of carbonyl (C=O) groups is 4. The van der Waals surface area contributed by atoms with Crippen molar-refractivity contribution in [1.29, 1.82) is 0 Å². The molecule has 0 saturated carbocycles. The molecule has 0 aromatic carbocycles. The lowest BCUT2D eigenvalue weighted by atomic mass is 9.99. The van der Waals surface area contributed by atoms with Crippen LogP contribution < -0.4 is 0 Å². The minimum atomic E-state index is -4.97. The van der Waals surface area contributed by atoms with Gasteiger partial charge < -0.3 is 33.8 Å². The van der Waals surface area contributed by atoms with E-state index in [4.69, 9.17) is 37.0 Å². The molecule has 109 heavy (non-hydrogen) atoms. The standard InChI is InChI=1S/C90H176O17P2/c1-8-11-12-13-14-15-16-17-18-19-20-21-22-23-26-33-38-43-52-59-66-73-89(94)106-85(77-100-87(92)71-64-57-50-42-37-32-27-24-25-30-35-40-47-54-61-68-81(4)5)79-104-108(96,97)102-75-84(91)76-103-109(98,99)105-80-86(78-101-88(93)72-65-58-51-46-45-49-56-63-70-83(7)10-3)107-90(95)74-67-60-53-44-39-34-29-28-31-36-41-48-55-62-69-82(6)9-2/h81-86,91H,8-80H2,1-7H3,(H,96,97)(H,98,99)/t82?,83?,84-,85-,86-/m1/s1. The smallest absolute Gasteiger partial charge is 0.462 e. The van der Waals surface area contributed by atoms with Gasteiger partial charge in [-0.1, -0.05) is 427 Å². The van der Waals surface area contributed by atoms with Gasteiger partial charge in [-0.3, -0.25) is 37.3 Å². The van der Waals surface area contributed by atoms with Gasteiger partial charge >= 0.3 is 39.5 Å². The summed E-state index contributed by atoms with van der Waals surface area (Å²) in [6.45, 7) is 12.1. The Hall–Kier alpha value is -1.94. The van der Waals surface area contributed by atoms with Crippen molar-refractivity contribution in [3.8, 4) is 0 Å². The van der Waals surface area contributed by atoms with Crippen molar-refractivity contribution in [2.24, 2.45) is 17.8 Å². The third kappa shape index (κ3) is 81.0. The van der Waals surface area contributed by atoms with Crippen molar-refractivity contribution >= 4 is 39.5 Å². The van der Waals surface area contributed by atoms with Crippen LogP contribution in [0.1, 0.15) is 479 Å². The summed E-state index contributed by atoms with van der Waals surface area (Å²) in [5.74, 6) is 0.330. The first kappa shape index (κ1) is 107. The molecule has 0 fully saturated rings. The molecule has 0 aliphatic carbocycles. The molecule has 0 aliphatic rings. The number of aliphatic hydroxyl groups excluding tert-OH is 1. The van der Waals surface area contributed by atoms with Crippen LogP contribution in [-0.2, 0) is 65.4 Å². The second-order valence-corrected chi connectivity index (χ2v) is 36.2. The van der Waals surface area contributed by atoms with E-state index < -0.39 is 97.5 Å². The molecule has 0 spiro atoms. The molecule has 19 heteroatoms. The zero-order valence-corrected chi connectivity index (χ0v) is 73.8. The van der Waals surface area contributed by atoms with Crippen LogP contribution in [0, 0.1) is 17.8 Å². The Balaban J connectivity index is 5.26. The topological polar surface area (TPSA) is 237 Å². The number of hydrogen-bond acceptors (Lipinski definition) is 15. The maximum atomic E-state index is 13.2. The van der Waals surface area contributed by atoms with Crippen LogP contribution in [-0.4, -0.2) is 96.7 Å². The minimum Gasteiger partial charge on any atom is -0.462 e. The fourth-order valence-corrected chi connectivity index (χ4v) is 15.6. The van der Waals surface area contributed by atoms with E-state index in [0.717, 1.165) is 108 Å². The second-order valence-electron chi connectivity index (χ2n) is 33.3. The van der Waals surface area contributed by atoms with Gasteiger partial charge in [0.1, 0.15) is 19.3 Å². The lowest BCUT2D eigenvalue weighted by molar-refractivity contribution is -0.161. The number of phosphoric ester groups is 2. The van der Waals surface area contributed by atoms with Crippen LogP contribution in [0.15, 0.2) is 0 Å². The van der Waals surface area contributed by atoms with Gasteiger partial charge in [0.25, 0.3) is 0 Å². The summed E-state index contributed by atoms with van der Waals surface area (Å²) < 4.78 is 69.1. The van der Waals surface area contributed by atoms with Gasteiger partial charge in [0.05, 0.1) is 26.4 Å². The highest BCUT2D eigenvalue weighted by molar-refractivity contribution is 7.47. The monoisotopic (exact) mass is 1590 g/mol. The van der Waals surface area contributed by atoms with Gasteiger partial charge in [-0.05, 0) is 43.4 Å². The van der Waals surface area contributed by atoms with Gasteiger partial charge in [0.2, 0.25) is 0 Å². The van der Waals surface area contributed by atoms with E-state index in [1.807, 2.05) is 0 Å². The number of aliphatic hydroxyl groups is 1. The van der Waals surface area contributed by atoms with E-state index in [1.54, 1.807) is 0 Å². The predicted octanol–water partition coefficient (Wildman–Crippen LogP) is 27.6. The number of unbranched alkanes of at least 4 members (excludes halogenated alkanes) is 54. The third-order valence-electron chi connectivity index (χ3n) is 21.9. The Morgan fingerprint density at radius 2 is 0.468 bits per heavy atom. The predicted molar refractivity (Wildman–Crippen MR) is 451 cm³/mol. The first-order valence-corrected chi connectivity index (χ1v) is 49.4. The quantitative estimate of drug-likeness (QED) is 0.0222. The molecule has 0 aliphatic heterocycles. The number of carbonyl (C=O) groups excluding carboxylic acids is 4. The summed E-state index contributed by atoms with van der Waals surface area (Å²) in [6.07, 6.45) is 72.1. The summed E-state index contributed by atoms with van der Waals surface area (Å²) in [4.78, 5) is 73.4. The van der Waals surface area contributed by atoms with Crippen molar-refractivity contribution < 1.29 is 80.2 Å². The number of rotatable bonds is 88. The zero-order valence-electron chi connectivity index (χ0n) is 72.0. The number of hydrogen-bond donors (Lipinski definition) is 3. The molecule has 648 valence electrons. The summed E-state index contributed by atoms with van der Waals surface area (Å²) in [5, 5.41) is 10.7.